The van der Waals surface area contributed by atoms with Gasteiger partial charge in [-0.25, -0.2) is 0 Å². The quantitative estimate of drug-likeness (QED) is 0.603. The number of likely N-dealkylation sites (tertiary alicyclic amines) is 1. The Labute approximate surface area is 105 Å². The number of hydrogen-bond donors (Lipinski definition) is 1. The SMILES string of the molecule is CCN1CCCC1=CC=C1SC(=S)NC1=O. The summed E-state index contributed by atoms with van der Waals surface area (Å²) in [6.07, 6.45) is 6.24. The maximum Gasteiger partial charge on any atom is 0.263 e. The van der Waals surface area contributed by atoms with Crippen LogP contribution in [0.1, 0.15) is 19.8 Å². The average molecular weight is 254 g/mol. The van der Waals surface area contributed by atoms with Crippen molar-refractivity contribution >= 4 is 34.2 Å². The second kappa shape index (κ2) is 5.01. The number of carbonyl (C=O) groups is 1. The van der Waals surface area contributed by atoms with Crippen LogP contribution in [-0.2, 0) is 4.79 Å². The molecule has 0 aliphatic carbocycles. The standard InChI is InChI=1S/C11H14N2OS2/c1-2-13-7-3-4-8(13)5-6-9-10(14)12-11(15)16-9/h5-6H,2-4,7H2,1H3,(H,12,14,15). The Morgan fingerprint density at radius 1 is 1.56 bits per heavy atom. The molecule has 0 radical (unpaired) electrons. The second-order valence-electron chi connectivity index (χ2n) is 3.72. The third-order valence-corrected chi connectivity index (χ3v) is 3.90. The number of amides is 1. The molecular weight excluding hydrogens is 240 g/mol. The van der Waals surface area contributed by atoms with Crippen molar-refractivity contribution in [2.75, 3.05) is 13.1 Å². The van der Waals surface area contributed by atoms with Gasteiger partial charge in [-0.2, -0.15) is 0 Å². The van der Waals surface area contributed by atoms with Gasteiger partial charge in [0.25, 0.3) is 5.91 Å². The second-order valence-corrected chi connectivity index (χ2v) is 5.43. The molecule has 0 spiro atoms. The zero-order valence-corrected chi connectivity index (χ0v) is 10.8. The minimum Gasteiger partial charge on any atom is -0.375 e. The first-order chi connectivity index (χ1) is 7.70. The van der Waals surface area contributed by atoms with Crippen LogP contribution in [0.4, 0.5) is 0 Å². The van der Waals surface area contributed by atoms with Gasteiger partial charge in [-0.15, -0.1) is 0 Å². The summed E-state index contributed by atoms with van der Waals surface area (Å²) in [6, 6.07) is 0. The van der Waals surface area contributed by atoms with Gasteiger partial charge in [0, 0.05) is 18.8 Å². The number of thioether (sulfide) groups is 1. The van der Waals surface area contributed by atoms with Crippen LogP contribution in [0.3, 0.4) is 0 Å². The molecular formula is C11H14N2OS2. The zero-order valence-electron chi connectivity index (χ0n) is 9.16. The van der Waals surface area contributed by atoms with Crippen LogP contribution >= 0.6 is 24.0 Å². The lowest BCUT2D eigenvalue weighted by atomic mass is 10.3. The zero-order chi connectivity index (χ0) is 11.5. The van der Waals surface area contributed by atoms with Crippen molar-refractivity contribution in [3.63, 3.8) is 0 Å². The summed E-state index contributed by atoms with van der Waals surface area (Å²) in [6.45, 7) is 4.31. The first-order valence-corrected chi connectivity index (χ1v) is 6.62. The van der Waals surface area contributed by atoms with Gasteiger partial charge in [0.1, 0.15) is 4.32 Å². The monoisotopic (exact) mass is 254 g/mol. The van der Waals surface area contributed by atoms with E-state index < -0.39 is 0 Å². The van der Waals surface area contributed by atoms with E-state index in [1.807, 2.05) is 12.2 Å². The molecule has 0 bridgehead atoms. The Balaban J connectivity index is 2.10. The summed E-state index contributed by atoms with van der Waals surface area (Å²) in [7, 11) is 0. The Kier molecular flexibility index (Phi) is 3.66. The predicted molar refractivity (Wildman–Crippen MR) is 71.0 cm³/mol. The lowest BCUT2D eigenvalue weighted by molar-refractivity contribution is -0.115. The Bertz CT molecular complexity index is 387. The van der Waals surface area contributed by atoms with Crippen LogP contribution in [-0.4, -0.2) is 28.2 Å². The van der Waals surface area contributed by atoms with Gasteiger partial charge in [0.05, 0.1) is 4.91 Å². The van der Waals surface area contributed by atoms with Crippen molar-refractivity contribution in [3.05, 3.63) is 22.8 Å². The highest BCUT2D eigenvalue weighted by Crippen LogP contribution is 2.25. The average Bonchev–Trinajstić information content (AvgIpc) is 2.81. The van der Waals surface area contributed by atoms with Crippen molar-refractivity contribution in [2.24, 2.45) is 0 Å². The van der Waals surface area contributed by atoms with Crippen LogP contribution in [0.25, 0.3) is 0 Å². The highest BCUT2D eigenvalue weighted by atomic mass is 32.2. The summed E-state index contributed by atoms with van der Waals surface area (Å²) in [5.74, 6) is -0.0760. The molecule has 0 atom stereocenters. The van der Waals surface area contributed by atoms with Crippen molar-refractivity contribution in [1.82, 2.24) is 10.2 Å². The molecule has 1 amide bonds. The number of hydrogen-bond acceptors (Lipinski definition) is 4. The van der Waals surface area contributed by atoms with E-state index in [-0.39, 0.29) is 5.91 Å². The van der Waals surface area contributed by atoms with E-state index in [1.54, 1.807) is 0 Å². The maximum absolute atomic E-state index is 11.4. The summed E-state index contributed by atoms with van der Waals surface area (Å²) in [4.78, 5) is 14.4. The van der Waals surface area contributed by atoms with E-state index in [0.29, 0.717) is 9.23 Å². The van der Waals surface area contributed by atoms with Crippen LogP contribution < -0.4 is 5.32 Å². The third-order valence-electron chi connectivity index (χ3n) is 2.72. The number of carbonyl (C=O) groups excluding carboxylic acids is 1. The number of allylic oxidation sites excluding steroid dienone is 3. The largest absolute Gasteiger partial charge is 0.375 e. The van der Waals surface area contributed by atoms with Crippen molar-refractivity contribution in [1.29, 1.82) is 0 Å². The molecule has 2 fully saturated rings. The molecule has 2 aliphatic heterocycles. The van der Waals surface area contributed by atoms with E-state index in [9.17, 15) is 4.79 Å². The smallest absolute Gasteiger partial charge is 0.263 e. The van der Waals surface area contributed by atoms with Crippen molar-refractivity contribution in [2.45, 2.75) is 19.8 Å². The Morgan fingerprint density at radius 3 is 3.00 bits per heavy atom. The summed E-state index contributed by atoms with van der Waals surface area (Å²) >= 11 is 6.26. The van der Waals surface area contributed by atoms with E-state index in [0.717, 1.165) is 19.5 Å². The fourth-order valence-corrected chi connectivity index (χ4v) is 2.90. The van der Waals surface area contributed by atoms with Gasteiger partial charge in [-0.05, 0) is 31.9 Å². The molecule has 3 nitrogen and oxygen atoms in total. The van der Waals surface area contributed by atoms with Crippen LogP contribution in [0, 0.1) is 0 Å². The molecule has 0 aromatic carbocycles. The van der Waals surface area contributed by atoms with Gasteiger partial charge in [-0.1, -0.05) is 24.0 Å². The molecule has 0 aromatic rings. The fourth-order valence-electron chi connectivity index (χ4n) is 1.91. The topological polar surface area (TPSA) is 32.3 Å². The molecule has 0 aromatic heterocycles. The number of nitrogens with zero attached hydrogens (tertiary/aromatic N) is 1. The summed E-state index contributed by atoms with van der Waals surface area (Å²) < 4.78 is 0.549. The molecule has 5 heteroatoms. The first kappa shape index (κ1) is 11.7. The highest BCUT2D eigenvalue weighted by molar-refractivity contribution is 8.26. The van der Waals surface area contributed by atoms with Crippen molar-refractivity contribution in [3.8, 4) is 0 Å². The predicted octanol–water partition coefficient (Wildman–Crippen LogP) is 2.02. The normalized spacial score (nSPS) is 25.9. The van der Waals surface area contributed by atoms with Gasteiger partial charge >= 0.3 is 0 Å². The highest BCUT2D eigenvalue weighted by Gasteiger charge is 2.21. The van der Waals surface area contributed by atoms with E-state index in [1.165, 1.54) is 23.9 Å². The summed E-state index contributed by atoms with van der Waals surface area (Å²) in [5, 5.41) is 2.61. The molecule has 1 N–H and O–H groups in total. The summed E-state index contributed by atoms with van der Waals surface area (Å²) in [5.41, 5.74) is 1.32. The van der Waals surface area contributed by atoms with E-state index in [2.05, 4.69) is 17.1 Å². The molecule has 16 heavy (non-hydrogen) atoms. The molecule has 2 aliphatic rings. The minimum atomic E-state index is -0.0760. The molecule has 2 saturated heterocycles. The van der Waals surface area contributed by atoms with Gasteiger partial charge < -0.3 is 10.2 Å². The Hall–Kier alpha value is -0.810. The first-order valence-electron chi connectivity index (χ1n) is 5.39. The molecule has 0 saturated carbocycles. The van der Waals surface area contributed by atoms with Crippen LogP contribution in [0.5, 0.6) is 0 Å². The molecule has 2 rings (SSSR count). The molecule has 2 heterocycles. The number of thiocarbonyl (C=S) groups is 1. The minimum absolute atomic E-state index is 0.0760. The van der Waals surface area contributed by atoms with Crippen LogP contribution in [0.15, 0.2) is 22.8 Å². The van der Waals surface area contributed by atoms with Gasteiger partial charge in [0.2, 0.25) is 0 Å². The number of rotatable bonds is 2. The lowest BCUT2D eigenvalue weighted by Gasteiger charge is -2.16. The van der Waals surface area contributed by atoms with Gasteiger partial charge in [-0.3, -0.25) is 4.79 Å². The van der Waals surface area contributed by atoms with E-state index >= 15 is 0 Å². The van der Waals surface area contributed by atoms with Crippen molar-refractivity contribution < 1.29 is 4.79 Å². The van der Waals surface area contributed by atoms with Gasteiger partial charge in [0.15, 0.2) is 0 Å². The fraction of sp³-hybridized carbons (Fsp3) is 0.455. The van der Waals surface area contributed by atoms with E-state index in [4.69, 9.17) is 12.2 Å². The third kappa shape index (κ3) is 2.47. The molecule has 0 unspecified atom stereocenters. The Morgan fingerprint density at radius 2 is 2.38 bits per heavy atom. The maximum atomic E-state index is 11.4. The molecule has 86 valence electrons. The lowest BCUT2D eigenvalue weighted by Crippen LogP contribution is -2.18. The van der Waals surface area contributed by atoms with Crippen LogP contribution in [0.2, 0.25) is 0 Å². The number of nitrogens with one attached hydrogen (secondary N) is 1.